The van der Waals surface area contributed by atoms with Gasteiger partial charge in [-0.1, -0.05) is 151 Å². The topological polar surface area (TPSA) is 0 Å². The van der Waals surface area contributed by atoms with Crippen LogP contribution in [0.2, 0.25) is 0 Å². The molecule has 0 fully saturated rings. The first-order valence-electron chi connectivity index (χ1n) is 14.4. The summed E-state index contributed by atoms with van der Waals surface area (Å²) in [4.78, 5) is 0. The van der Waals surface area contributed by atoms with Crippen LogP contribution in [0.1, 0.15) is 110 Å². The molecule has 2 aromatic carbocycles. The van der Waals surface area contributed by atoms with Gasteiger partial charge in [0.05, 0.1) is 0 Å². The SMILES string of the molecule is C=Cc1cccc(C)c1.CC.CC.CC(C)=CC(CC(C)C)c1ccccc1C.CC1=CCC(C)C=C1. The van der Waals surface area contributed by atoms with Crippen LogP contribution in [0.5, 0.6) is 0 Å². The average molecular weight is 503 g/mol. The van der Waals surface area contributed by atoms with Crippen molar-refractivity contribution >= 4 is 6.08 Å². The predicted octanol–water partition coefficient (Wildman–Crippen LogP) is 12.3. The van der Waals surface area contributed by atoms with Gasteiger partial charge in [-0.15, -0.1) is 0 Å². The molecule has 0 heteroatoms. The second kappa shape index (κ2) is 22.6. The molecule has 0 spiro atoms. The van der Waals surface area contributed by atoms with Crippen LogP contribution >= 0.6 is 0 Å². The van der Waals surface area contributed by atoms with Crippen LogP contribution in [0, 0.1) is 25.7 Å². The number of hydrogen-bond donors (Lipinski definition) is 0. The molecule has 0 saturated heterocycles. The van der Waals surface area contributed by atoms with E-state index in [2.05, 4.69) is 123 Å². The Balaban J connectivity index is 0. The summed E-state index contributed by atoms with van der Waals surface area (Å²) in [6.07, 6.45) is 13.4. The van der Waals surface area contributed by atoms with E-state index in [1.807, 2.05) is 45.9 Å². The van der Waals surface area contributed by atoms with E-state index in [0.29, 0.717) is 5.92 Å². The van der Waals surface area contributed by atoms with E-state index in [1.54, 1.807) is 0 Å². The summed E-state index contributed by atoms with van der Waals surface area (Å²) in [7, 11) is 0. The Bertz CT molecular complexity index is 932. The second-order valence-corrected chi connectivity index (χ2v) is 9.98. The summed E-state index contributed by atoms with van der Waals surface area (Å²) in [5.41, 5.74) is 8.18. The smallest absolute Gasteiger partial charge is 0.00254 e. The Morgan fingerprint density at radius 3 is 1.97 bits per heavy atom. The summed E-state index contributed by atoms with van der Waals surface area (Å²) in [5.74, 6) is 2.07. The molecular weight excluding hydrogens is 444 g/mol. The maximum Gasteiger partial charge on any atom is 0.00254 e. The zero-order chi connectivity index (χ0) is 28.8. The van der Waals surface area contributed by atoms with Crippen molar-refractivity contribution in [3.8, 4) is 0 Å². The lowest BCUT2D eigenvalue weighted by Gasteiger charge is -2.18. The van der Waals surface area contributed by atoms with E-state index in [-0.39, 0.29) is 0 Å². The van der Waals surface area contributed by atoms with Crippen LogP contribution in [-0.2, 0) is 0 Å². The van der Waals surface area contributed by atoms with Crippen molar-refractivity contribution in [3.63, 3.8) is 0 Å². The van der Waals surface area contributed by atoms with Crippen molar-refractivity contribution in [2.24, 2.45) is 11.8 Å². The lowest BCUT2D eigenvalue weighted by molar-refractivity contribution is 0.547. The largest absolute Gasteiger partial charge is 0.0985 e. The predicted molar refractivity (Wildman–Crippen MR) is 173 cm³/mol. The van der Waals surface area contributed by atoms with E-state index < -0.39 is 0 Å². The zero-order valence-electron chi connectivity index (χ0n) is 26.4. The molecule has 3 rings (SSSR count). The first-order chi connectivity index (χ1) is 17.6. The number of allylic oxidation sites excluding steroid dienone is 6. The molecule has 0 aliphatic heterocycles. The molecule has 2 aromatic rings. The van der Waals surface area contributed by atoms with Crippen molar-refractivity contribution in [3.05, 3.63) is 113 Å². The Kier molecular flexibility index (Phi) is 22.3. The van der Waals surface area contributed by atoms with Crippen LogP contribution in [-0.4, -0.2) is 0 Å². The fraction of sp³-hybridized carbons (Fsp3) is 0.459. The van der Waals surface area contributed by atoms with Crippen molar-refractivity contribution in [1.82, 2.24) is 0 Å². The molecule has 0 nitrogen and oxygen atoms in total. The maximum absolute atomic E-state index is 3.67. The highest BCUT2D eigenvalue weighted by Crippen LogP contribution is 2.28. The summed E-state index contributed by atoms with van der Waals surface area (Å²) >= 11 is 0. The molecule has 0 amide bonds. The molecule has 2 atom stereocenters. The van der Waals surface area contributed by atoms with E-state index in [9.17, 15) is 0 Å². The third-order valence-electron chi connectivity index (χ3n) is 5.62. The highest BCUT2D eigenvalue weighted by Gasteiger charge is 2.12. The lowest BCUT2D eigenvalue weighted by Crippen LogP contribution is -2.02. The van der Waals surface area contributed by atoms with Crippen LogP contribution in [0.3, 0.4) is 0 Å². The second-order valence-electron chi connectivity index (χ2n) is 9.98. The summed E-state index contributed by atoms with van der Waals surface area (Å²) in [6.45, 7) is 29.3. The van der Waals surface area contributed by atoms with Gasteiger partial charge in [-0.25, -0.2) is 0 Å². The summed E-state index contributed by atoms with van der Waals surface area (Å²) in [6, 6.07) is 17.0. The number of benzene rings is 2. The number of aryl methyl sites for hydroxylation is 2. The molecule has 0 bridgehead atoms. The Hall–Kier alpha value is -2.60. The van der Waals surface area contributed by atoms with Crippen molar-refractivity contribution < 1.29 is 0 Å². The Morgan fingerprint density at radius 1 is 0.946 bits per heavy atom. The van der Waals surface area contributed by atoms with Crippen LogP contribution in [0.15, 0.2) is 90.6 Å². The Labute approximate surface area is 232 Å². The van der Waals surface area contributed by atoms with Gasteiger partial charge in [-0.3, -0.25) is 0 Å². The molecule has 0 heterocycles. The van der Waals surface area contributed by atoms with Gasteiger partial charge in [0.25, 0.3) is 0 Å². The van der Waals surface area contributed by atoms with Crippen molar-refractivity contribution in [1.29, 1.82) is 0 Å². The van der Waals surface area contributed by atoms with Crippen molar-refractivity contribution in [2.45, 2.75) is 102 Å². The van der Waals surface area contributed by atoms with E-state index in [1.165, 1.54) is 46.2 Å². The van der Waals surface area contributed by atoms with Gasteiger partial charge in [-0.2, -0.15) is 0 Å². The van der Waals surface area contributed by atoms with Gasteiger partial charge in [0.2, 0.25) is 0 Å². The van der Waals surface area contributed by atoms with Crippen LogP contribution in [0.25, 0.3) is 6.08 Å². The zero-order valence-corrected chi connectivity index (χ0v) is 26.4. The molecule has 206 valence electrons. The average Bonchev–Trinajstić information content (AvgIpc) is 2.88. The van der Waals surface area contributed by atoms with E-state index >= 15 is 0 Å². The summed E-state index contributed by atoms with van der Waals surface area (Å²) < 4.78 is 0. The van der Waals surface area contributed by atoms with Gasteiger partial charge < -0.3 is 0 Å². The molecule has 1 aliphatic carbocycles. The number of hydrogen-bond acceptors (Lipinski definition) is 0. The van der Waals surface area contributed by atoms with E-state index in [4.69, 9.17) is 0 Å². The monoisotopic (exact) mass is 502 g/mol. The minimum atomic E-state index is 0.575. The van der Waals surface area contributed by atoms with Crippen LogP contribution in [0.4, 0.5) is 0 Å². The van der Waals surface area contributed by atoms with E-state index in [0.717, 1.165) is 11.8 Å². The fourth-order valence-corrected chi connectivity index (χ4v) is 3.83. The molecule has 0 aromatic heterocycles. The normalized spacial score (nSPS) is 14.0. The molecular formula is C37H58. The molecule has 37 heavy (non-hydrogen) atoms. The molecule has 1 aliphatic rings. The Morgan fingerprint density at radius 2 is 1.57 bits per heavy atom. The van der Waals surface area contributed by atoms with Gasteiger partial charge in [0.1, 0.15) is 0 Å². The highest BCUT2D eigenvalue weighted by atomic mass is 14.2. The molecule has 2 unspecified atom stereocenters. The highest BCUT2D eigenvalue weighted by molar-refractivity contribution is 5.47. The molecule has 0 N–H and O–H groups in total. The molecule has 0 radical (unpaired) electrons. The fourth-order valence-electron chi connectivity index (χ4n) is 3.83. The first-order valence-corrected chi connectivity index (χ1v) is 14.4. The number of rotatable bonds is 5. The van der Waals surface area contributed by atoms with Gasteiger partial charge in [-0.05, 0) is 76.0 Å². The quantitative estimate of drug-likeness (QED) is 0.357. The van der Waals surface area contributed by atoms with Crippen molar-refractivity contribution in [2.75, 3.05) is 0 Å². The first kappa shape index (κ1) is 36.6. The van der Waals surface area contributed by atoms with Gasteiger partial charge >= 0.3 is 0 Å². The minimum absolute atomic E-state index is 0.575. The third-order valence-corrected chi connectivity index (χ3v) is 5.62. The van der Waals surface area contributed by atoms with Crippen LogP contribution < -0.4 is 0 Å². The standard InChI is InChI=1S/C16H24.C9H10.C8H12.2C2H6/c1-12(2)10-15(11-13(3)4)16-9-7-6-8-14(16)5;1-3-9-6-4-5-8(2)7-9;1-7-3-5-8(2)6-4-7;2*1-2/h6-10,13,15H,11H2,1-5H3;3-7H,1H2,2H3;3-5,8H,6H2,1-2H3;2*1-2H3. The minimum Gasteiger partial charge on any atom is -0.0985 e. The van der Waals surface area contributed by atoms with Gasteiger partial charge in [0, 0.05) is 5.92 Å². The lowest BCUT2D eigenvalue weighted by atomic mass is 9.86. The maximum atomic E-state index is 3.67. The third kappa shape index (κ3) is 18.3. The summed E-state index contributed by atoms with van der Waals surface area (Å²) in [5, 5.41) is 0. The van der Waals surface area contributed by atoms with Gasteiger partial charge in [0.15, 0.2) is 0 Å². The molecule has 0 saturated carbocycles.